The third kappa shape index (κ3) is 6.76. The van der Waals surface area contributed by atoms with Crippen molar-refractivity contribution in [3.05, 3.63) is 65.3 Å². The number of benzene rings is 1. The number of aliphatic hydroxyl groups is 1. The van der Waals surface area contributed by atoms with Gasteiger partial charge in [0.25, 0.3) is 0 Å². The fourth-order valence-electron chi connectivity index (χ4n) is 5.24. The molecule has 0 spiro atoms. The quantitative estimate of drug-likeness (QED) is 0.226. The third-order valence-electron chi connectivity index (χ3n) is 7.34. The lowest BCUT2D eigenvalue weighted by atomic mass is 10.1. The molecular weight excluding hydrogens is 642 g/mol. The van der Waals surface area contributed by atoms with Gasteiger partial charge in [0.1, 0.15) is 41.1 Å². The molecule has 234 valence electrons. The van der Waals surface area contributed by atoms with Crippen LogP contribution in [0.15, 0.2) is 59.7 Å². The number of rotatable bonds is 7. The summed E-state index contributed by atoms with van der Waals surface area (Å²) >= 11 is 3.68. The molecule has 1 aromatic carbocycles. The van der Waals surface area contributed by atoms with Crippen molar-refractivity contribution in [2.24, 2.45) is 0 Å². The lowest BCUT2D eigenvalue weighted by Crippen LogP contribution is -2.56. The zero-order chi connectivity index (χ0) is 31.7. The van der Waals surface area contributed by atoms with Gasteiger partial charge < -0.3 is 29.7 Å². The van der Waals surface area contributed by atoms with Gasteiger partial charge in [0.15, 0.2) is 11.5 Å². The molecule has 45 heavy (non-hydrogen) atoms. The van der Waals surface area contributed by atoms with Gasteiger partial charge in [-0.15, -0.1) is 0 Å². The number of anilines is 3. The van der Waals surface area contributed by atoms with Crippen molar-refractivity contribution in [3.8, 4) is 11.5 Å². The number of ether oxygens (including phenoxy) is 2. The van der Waals surface area contributed by atoms with Crippen molar-refractivity contribution in [1.82, 2.24) is 34.4 Å². The molecule has 1 fully saturated rings. The zero-order valence-electron chi connectivity index (χ0n) is 25.4. The number of aryl methyl sites for hydroxylation is 1. The van der Waals surface area contributed by atoms with Gasteiger partial charge >= 0.3 is 6.09 Å². The Morgan fingerprint density at radius 2 is 1.96 bits per heavy atom. The molecule has 0 bridgehead atoms. The van der Waals surface area contributed by atoms with E-state index in [2.05, 4.69) is 46.2 Å². The zero-order valence-corrected chi connectivity index (χ0v) is 27.0. The van der Waals surface area contributed by atoms with Gasteiger partial charge in [0.05, 0.1) is 16.0 Å². The van der Waals surface area contributed by atoms with Crippen molar-refractivity contribution in [2.45, 2.75) is 45.8 Å². The summed E-state index contributed by atoms with van der Waals surface area (Å²) in [6, 6.07) is 11.1. The van der Waals surface area contributed by atoms with E-state index in [1.54, 1.807) is 15.6 Å². The number of aromatic nitrogens is 6. The second-order valence-corrected chi connectivity index (χ2v) is 12.7. The number of amides is 1. The third-order valence-corrected chi connectivity index (χ3v) is 7.92. The van der Waals surface area contributed by atoms with Crippen LogP contribution < -0.4 is 15.0 Å². The molecule has 0 saturated carbocycles. The normalized spacial score (nSPS) is 15.5. The number of hydrogen-bond acceptors (Lipinski definition) is 11. The van der Waals surface area contributed by atoms with E-state index in [1.807, 2.05) is 64.1 Å². The first-order chi connectivity index (χ1) is 21.6. The Hall–Kier alpha value is -4.56. The molecule has 5 aromatic rings. The molecule has 1 amide bonds. The SMILES string of the molecule is Cc1cc(Nc2ncnc3cc(Br)c(N4CCN(C(=O)OC(C)(C)C)C(CCO)C4)nc23)ccc1Oc1ccn2ncnc2c1. The molecule has 13 nitrogen and oxygen atoms in total. The van der Waals surface area contributed by atoms with Crippen molar-refractivity contribution in [3.63, 3.8) is 0 Å². The minimum Gasteiger partial charge on any atom is -0.457 e. The average molecular weight is 677 g/mol. The monoisotopic (exact) mass is 675 g/mol. The van der Waals surface area contributed by atoms with E-state index in [0.29, 0.717) is 65.9 Å². The van der Waals surface area contributed by atoms with Gasteiger partial charge in [-0.1, -0.05) is 0 Å². The average Bonchev–Trinajstić information content (AvgIpc) is 3.46. The molecule has 2 N–H and O–H groups in total. The van der Waals surface area contributed by atoms with E-state index < -0.39 is 5.60 Å². The number of carbonyl (C=O) groups excluding carboxylic acids is 1. The van der Waals surface area contributed by atoms with Crippen LogP contribution in [0.5, 0.6) is 11.5 Å². The number of piperazine rings is 1. The van der Waals surface area contributed by atoms with Crippen molar-refractivity contribution < 1.29 is 19.4 Å². The van der Waals surface area contributed by atoms with Crippen molar-refractivity contribution >= 4 is 56.0 Å². The minimum absolute atomic E-state index is 0.0492. The van der Waals surface area contributed by atoms with E-state index in [1.165, 1.54) is 12.7 Å². The number of halogens is 1. The highest BCUT2D eigenvalue weighted by molar-refractivity contribution is 9.10. The first kappa shape index (κ1) is 30.5. The number of nitrogens with zero attached hydrogens (tertiary/aromatic N) is 8. The van der Waals surface area contributed by atoms with E-state index in [9.17, 15) is 9.90 Å². The summed E-state index contributed by atoms with van der Waals surface area (Å²) in [6.45, 7) is 8.92. The Morgan fingerprint density at radius 1 is 1.11 bits per heavy atom. The highest BCUT2D eigenvalue weighted by Crippen LogP contribution is 2.34. The van der Waals surface area contributed by atoms with Crippen molar-refractivity contribution in [1.29, 1.82) is 0 Å². The Bertz CT molecular complexity index is 1860. The molecule has 6 rings (SSSR count). The van der Waals surface area contributed by atoms with Gasteiger partial charge in [-0.05, 0) is 85.9 Å². The van der Waals surface area contributed by atoms with Crippen LogP contribution in [0.25, 0.3) is 16.7 Å². The van der Waals surface area contributed by atoms with Gasteiger partial charge in [-0.3, -0.25) is 0 Å². The Kier molecular flexibility index (Phi) is 8.42. The molecule has 1 unspecified atom stereocenters. The Balaban J connectivity index is 1.22. The fourth-order valence-corrected chi connectivity index (χ4v) is 5.79. The van der Waals surface area contributed by atoms with Crippen LogP contribution in [0.2, 0.25) is 0 Å². The van der Waals surface area contributed by atoms with E-state index in [4.69, 9.17) is 14.5 Å². The van der Waals surface area contributed by atoms with Gasteiger partial charge in [-0.25, -0.2) is 29.2 Å². The second-order valence-electron chi connectivity index (χ2n) is 11.8. The lowest BCUT2D eigenvalue weighted by molar-refractivity contribution is 0.0115. The topological polar surface area (TPSA) is 143 Å². The molecule has 4 aromatic heterocycles. The maximum atomic E-state index is 12.9. The highest BCUT2D eigenvalue weighted by Gasteiger charge is 2.34. The summed E-state index contributed by atoms with van der Waals surface area (Å²) in [7, 11) is 0. The summed E-state index contributed by atoms with van der Waals surface area (Å²) < 4.78 is 14.2. The smallest absolute Gasteiger partial charge is 0.410 e. The largest absolute Gasteiger partial charge is 0.457 e. The van der Waals surface area contributed by atoms with E-state index in [-0.39, 0.29) is 18.7 Å². The van der Waals surface area contributed by atoms with Crippen LogP contribution >= 0.6 is 15.9 Å². The van der Waals surface area contributed by atoms with Gasteiger partial charge in [0.2, 0.25) is 0 Å². The molecule has 1 atom stereocenters. The Morgan fingerprint density at radius 3 is 2.73 bits per heavy atom. The molecule has 0 aliphatic carbocycles. The van der Waals surface area contributed by atoms with Gasteiger partial charge in [-0.2, -0.15) is 5.10 Å². The van der Waals surface area contributed by atoms with Crippen LogP contribution in [0.1, 0.15) is 32.8 Å². The number of carbonyl (C=O) groups is 1. The first-order valence-corrected chi connectivity index (χ1v) is 15.4. The van der Waals surface area contributed by atoms with Crippen LogP contribution in [0, 0.1) is 6.92 Å². The number of hydrogen-bond donors (Lipinski definition) is 2. The molecule has 0 radical (unpaired) electrons. The summed E-state index contributed by atoms with van der Waals surface area (Å²) in [6.07, 6.45) is 4.84. The predicted octanol–water partition coefficient (Wildman–Crippen LogP) is 5.48. The Labute approximate surface area is 268 Å². The minimum atomic E-state index is -0.607. The summed E-state index contributed by atoms with van der Waals surface area (Å²) in [5.74, 6) is 2.64. The highest BCUT2D eigenvalue weighted by atomic mass is 79.9. The number of nitrogens with one attached hydrogen (secondary N) is 1. The predicted molar refractivity (Wildman–Crippen MR) is 173 cm³/mol. The maximum absolute atomic E-state index is 12.9. The van der Waals surface area contributed by atoms with Gasteiger partial charge in [0, 0.05) is 44.2 Å². The van der Waals surface area contributed by atoms with E-state index >= 15 is 0 Å². The fraction of sp³-hybridized carbons (Fsp3) is 0.355. The van der Waals surface area contributed by atoms with Crippen LogP contribution in [-0.4, -0.2) is 83.5 Å². The number of aliphatic hydroxyl groups excluding tert-OH is 1. The molecule has 5 heterocycles. The summed E-state index contributed by atoms with van der Waals surface area (Å²) in [5.41, 5.74) is 3.10. The van der Waals surface area contributed by atoms with Crippen LogP contribution in [0.4, 0.5) is 22.1 Å². The lowest BCUT2D eigenvalue weighted by Gasteiger charge is -2.42. The molecule has 1 aliphatic rings. The van der Waals surface area contributed by atoms with Crippen LogP contribution in [0.3, 0.4) is 0 Å². The molecule has 14 heteroatoms. The molecular formula is C31H34BrN9O4. The maximum Gasteiger partial charge on any atom is 0.410 e. The first-order valence-electron chi connectivity index (χ1n) is 14.6. The van der Waals surface area contributed by atoms with E-state index in [0.717, 1.165) is 15.7 Å². The van der Waals surface area contributed by atoms with Crippen LogP contribution in [-0.2, 0) is 4.74 Å². The number of pyridine rings is 2. The number of fused-ring (bicyclic) bond motifs is 2. The molecule has 1 saturated heterocycles. The standard InChI is InChI=1S/C31H34BrN9O4/c1-19-13-20(5-6-25(19)44-22-7-9-41-26(14-22)34-18-36-41)37-28-27-24(33-17-35-28)15-23(32)29(38-27)39-10-11-40(21(16-39)8-12-42)30(43)45-31(2,3)4/h5-7,9,13-15,17-18,21,42H,8,10-12,16H2,1-4H3,(H,33,35,37). The second kappa shape index (κ2) is 12.4. The molecule has 1 aliphatic heterocycles. The summed E-state index contributed by atoms with van der Waals surface area (Å²) in [5, 5.41) is 17.3. The van der Waals surface area contributed by atoms with Crippen molar-refractivity contribution in [2.75, 3.05) is 36.5 Å². The summed E-state index contributed by atoms with van der Waals surface area (Å²) in [4.78, 5) is 34.9.